The Morgan fingerprint density at radius 3 is 2.59 bits per heavy atom. The van der Waals surface area contributed by atoms with E-state index in [1.807, 2.05) is 30.3 Å². The van der Waals surface area contributed by atoms with Gasteiger partial charge in [-0.25, -0.2) is 9.18 Å². The topological polar surface area (TPSA) is 71.0 Å². The van der Waals surface area contributed by atoms with Crippen molar-refractivity contribution in [3.63, 3.8) is 0 Å². The van der Waals surface area contributed by atoms with Crippen LogP contribution >= 0.6 is 0 Å². The van der Waals surface area contributed by atoms with E-state index in [1.165, 1.54) is 19.2 Å². The molecule has 3 rings (SSSR count). The first-order valence-corrected chi connectivity index (χ1v) is 9.78. The second-order valence-electron chi connectivity index (χ2n) is 7.16. The van der Waals surface area contributed by atoms with Crippen LogP contribution in [-0.2, 0) is 11.3 Å². The van der Waals surface area contributed by atoms with Gasteiger partial charge in [0.05, 0.1) is 13.2 Å². The van der Waals surface area contributed by atoms with Crippen molar-refractivity contribution in [2.45, 2.75) is 31.6 Å². The van der Waals surface area contributed by atoms with Crippen LogP contribution in [0.4, 0.5) is 9.18 Å². The number of carbonyl (C=O) groups is 1. The van der Waals surface area contributed by atoms with Crippen molar-refractivity contribution in [1.82, 2.24) is 10.2 Å². The fourth-order valence-electron chi connectivity index (χ4n) is 3.48. The van der Waals surface area contributed by atoms with Crippen LogP contribution in [0.5, 0.6) is 5.75 Å². The molecule has 7 heteroatoms. The highest BCUT2D eigenvalue weighted by molar-refractivity contribution is 5.67. The third kappa shape index (κ3) is 5.92. The van der Waals surface area contributed by atoms with Gasteiger partial charge in [0.25, 0.3) is 0 Å². The number of carbonyl (C=O) groups excluding carboxylic acids is 1. The molecule has 2 N–H and O–H groups in total. The van der Waals surface area contributed by atoms with Crippen LogP contribution < -0.4 is 10.1 Å². The van der Waals surface area contributed by atoms with Crippen LogP contribution in [0, 0.1) is 5.82 Å². The molecule has 1 unspecified atom stereocenters. The molecular formula is C22H27FN2O4. The van der Waals surface area contributed by atoms with Gasteiger partial charge in [-0.15, -0.1) is 0 Å². The quantitative estimate of drug-likeness (QED) is 0.709. The number of ether oxygens (including phenoxy) is 2. The number of likely N-dealkylation sites (tertiary alicyclic amines) is 1. The van der Waals surface area contributed by atoms with Gasteiger partial charge in [0, 0.05) is 6.54 Å². The Bertz CT molecular complexity index is 797. The van der Waals surface area contributed by atoms with Gasteiger partial charge in [0.1, 0.15) is 12.7 Å². The second kappa shape index (κ2) is 10.2. The Kier molecular flexibility index (Phi) is 7.43. The Morgan fingerprint density at radius 1 is 1.21 bits per heavy atom. The molecule has 0 radical (unpaired) electrons. The number of rotatable bonds is 8. The van der Waals surface area contributed by atoms with E-state index < -0.39 is 24.1 Å². The molecule has 0 saturated carbocycles. The molecule has 6 nitrogen and oxygen atoms in total. The van der Waals surface area contributed by atoms with Crippen molar-refractivity contribution in [3.8, 4) is 5.75 Å². The fraction of sp³-hybridized carbons (Fsp3) is 0.409. The summed E-state index contributed by atoms with van der Waals surface area (Å²) in [6.07, 6.45) is 0.461. The summed E-state index contributed by atoms with van der Waals surface area (Å²) in [5.41, 5.74) is 1.24. The number of hydrogen-bond donors (Lipinski definition) is 2. The van der Waals surface area contributed by atoms with Crippen LogP contribution in [0.3, 0.4) is 0 Å². The minimum absolute atomic E-state index is 0.104. The highest BCUT2D eigenvalue weighted by Gasteiger charge is 2.27. The number of aliphatic hydroxyl groups is 1. The number of benzene rings is 2. The average Bonchev–Trinajstić information content (AvgIpc) is 3.25. The molecule has 2 aromatic rings. The molecule has 2 atom stereocenters. The highest BCUT2D eigenvalue weighted by Crippen LogP contribution is 2.25. The molecule has 1 aliphatic rings. The molecule has 1 aliphatic heterocycles. The lowest BCUT2D eigenvalue weighted by atomic mass is 10.0. The average molecular weight is 402 g/mol. The van der Waals surface area contributed by atoms with E-state index in [-0.39, 0.29) is 12.4 Å². The Labute approximate surface area is 170 Å². The van der Waals surface area contributed by atoms with E-state index >= 15 is 0 Å². The number of hydrogen-bond acceptors (Lipinski definition) is 5. The third-order valence-electron chi connectivity index (χ3n) is 5.07. The van der Waals surface area contributed by atoms with E-state index in [1.54, 1.807) is 6.07 Å². The summed E-state index contributed by atoms with van der Waals surface area (Å²) in [7, 11) is 1.38. The Balaban J connectivity index is 1.67. The molecule has 2 aromatic carbocycles. The van der Waals surface area contributed by atoms with Gasteiger partial charge in [-0.05, 0) is 49.2 Å². The number of nitrogens with zero attached hydrogens (tertiary/aromatic N) is 1. The Morgan fingerprint density at radius 2 is 1.93 bits per heavy atom. The third-order valence-corrected chi connectivity index (χ3v) is 5.07. The molecule has 1 fully saturated rings. The van der Waals surface area contributed by atoms with Gasteiger partial charge >= 0.3 is 6.09 Å². The summed E-state index contributed by atoms with van der Waals surface area (Å²) >= 11 is 0. The van der Waals surface area contributed by atoms with Gasteiger partial charge in [0.2, 0.25) is 0 Å². The number of nitrogens with one attached hydrogen (secondary N) is 1. The van der Waals surface area contributed by atoms with Crippen molar-refractivity contribution in [1.29, 1.82) is 0 Å². The van der Waals surface area contributed by atoms with Crippen molar-refractivity contribution < 1.29 is 23.8 Å². The maximum atomic E-state index is 14.1. The van der Waals surface area contributed by atoms with Crippen LogP contribution in [-0.4, -0.2) is 48.9 Å². The maximum Gasteiger partial charge on any atom is 0.407 e. The van der Waals surface area contributed by atoms with Crippen molar-refractivity contribution in [3.05, 3.63) is 65.5 Å². The minimum atomic E-state index is -1.08. The SMILES string of the molecule is COc1ccc(C(O)[C@@H](CN2CCCC2)NC(=O)OCc2ccccc2)cc1F. The minimum Gasteiger partial charge on any atom is -0.494 e. The van der Waals surface area contributed by atoms with Gasteiger partial charge in [-0.2, -0.15) is 0 Å². The smallest absolute Gasteiger partial charge is 0.407 e. The second-order valence-corrected chi connectivity index (χ2v) is 7.16. The van der Waals surface area contributed by atoms with Crippen LogP contribution in [0.2, 0.25) is 0 Å². The predicted octanol–water partition coefficient (Wildman–Crippen LogP) is 3.26. The molecule has 1 saturated heterocycles. The van der Waals surface area contributed by atoms with Gasteiger partial charge in [0.15, 0.2) is 11.6 Å². The summed E-state index contributed by atoms with van der Waals surface area (Å²) in [5, 5.41) is 13.6. The number of halogens is 1. The predicted molar refractivity (Wildman–Crippen MR) is 107 cm³/mol. The summed E-state index contributed by atoms with van der Waals surface area (Å²) in [4.78, 5) is 14.5. The molecule has 0 bridgehead atoms. The first-order valence-electron chi connectivity index (χ1n) is 9.78. The van der Waals surface area contributed by atoms with Crippen LogP contribution in [0.15, 0.2) is 48.5 Å². The van der Waals surface area contributed by atoms with E-state index in [9.17, 15) is 14.3 Å². The zero-order valence-corrected chi connectivity index (χ0v) is 16.5. The van der Waals surface area contributed by atoms with Crippen LogP contribution in [0.1, 0.15) is 30.1 Å². The highest BCUT2D eigenvalue weighted by atomic mass is 19.1. The first-order chi connectivity index (χ1) is 14.1. The molecule has 0 spiro atoms. The zero-order valence-electron chi connectivity index (χ0n) is 16.5. The molecule has 1 amide bonds. The summed E-state index contributed by atoms with van der Waals surface area (Å²) in [6.45, 7) is 2.40. The van der Waals surface area contributed by atoms with Gasteiger partial charge in [-0.3, -0.25) is 0 Å². The number of aliphatic hydroxyl groups excluding tert-OH is 1. The number of alkyl carbamates (subject to hydrolysis) is 1. The summed E-state index contributed by atoms with van der Waals surface area (Å²) < 4.78 is 24.3. The number of amides is 1. The molecular weight excluding hydrogens is 375 g/mol. The van der Waals surface area contributed by atoms with E-state index in [0.29, 0.717) is 12.1 Å². The zero-order chi connectivity index (χ0) is 20.6. The molecule has 29 heavy (non-hydrogen) atoms. The lowest BCUT2D eigenvalue weighted by Crippen LogP contribution is -2.46. The monoisotopic (exact) mass is 402 g/mol. The lowest BCUT2D eigenvalue weighted by Gasteiger charge is -2.28. The van der Waals surface area contributed by atoms with Crippen molar-refractivity contribution >= 4 is 6.09 Å². The number of methoxy groups -OCH3 is 1. The van der Waals surface area contributed by atoms with Gasteiger partial charge in [-0.1, -0.05) is 36.4 Å². The van der Waals surface area contributed by atoms with E-state index in [4.69, 9.17) is 9.47 Å². The molecule has 156 valence electrons. The van der Waals surface area contributed by atoms with E-state index in [0.717, 1.165) is 31.5 Å². The first kappa shape index (κ1) is 21.1. The van der Waals surface area contributed by atoms with Crippen molar-refractivity contribution in [2.75, 3.05) is 26.7 Å². The Hall–Kier alpha value is -2.64. The van der Waals surface area contributed by atoms with E-state index in [2.05, 4.69) is 10.2 Å². The molecule has 1 heterocycles. The summed E-state index contributed by atoms with van der Waals surface area (Å²) in [6, 6.07) is 13.0. The molecule has 0 aliphatic carbocycles. The van der Waals surface area contributed by atoms with Crippen LogP contribution in [0.25, 0.3) is 0 Å². The van der Waals surface area contributed by atoms with Gasteiger partial charge < -0.3 is 24.8 Å². The lowest BCUT2D eigenvalue weighted by molar-refractivity contribution is 0.0880. The molecule has 0 aromatic heterocycles. The fourth-order valence-corrected chi connectivity index (χ4v) is 3.48. The largest absolute Gasteiger partial charge is 0.494 e. The van der Waals surface area contributed by atoms with Crippen molar-refractivity contribution in [2.24, 2.45) is 0 Å². The maximum absolute atomic E-state index is 14.1. The normalized spacial score (nSPS) is 16.2. The standard InChI is InChI=1S/C22H27FN2O4/c1-28-20-10-9-17(13-18(20)23)21(26)19(14-25-11-5-6-12-25)24-22(27)29-15-16-7-3-2-4-8-16/h2-4,7-10,13,19,21,26H,5-6,11-12,14-15H2,1H3,(H,24,27)/t19-,21?/m1/s1. The summed E-state index contributed by atoms with van der Waals surface area (Å²) in [5.74, 6) is -0.456.